The minimum absolute atomic E-state index is 0.217. The molecule has 0 aromatic carbocycles. The lowest BCUT2D eigenvalue weighted by Crippen LogP contribution is -2.60. The van der Waals surface area contributed by atoms with Gasteiger partial charge in [-0.1, -0.05) is 19.3 Å². The zero-order chi connectivity index (χ0) is 12.7. The Hall–Kier alpha value is -1.23. The van der Waals surface area contributed by atoms with E-state index >= 15 is 0 Å². The van der Waals surface area contributed by atoms with Crippen molar-refractivity contribution >= 4 is 17.6 Å². The Morgan fingerprint density at radius 1 is 1.24 bits per heavy atom. The highest BCUT2D eigenvalue weighted by Gasteiger charge is 2.50. The molecule has 1 spiro atoms. The Morgan fingerprint density at radius 2 is 1.82 bits per heavy atom. The van der Waals surface area contributed by atoms with Gasteiger partial charge in [-0.05, 0) is 26.7 Å². The average molecular weight is 237 g/mol. The van der Waals surface area contributed by atoms with Gasteiger partial charge in [-0.3, -0.25) is 9.59 Å². The zero-order valence-corrected chi connectivity index (χ0v) is 10.4. The summed E-state index contributed by atoms with van der Waals surface area (Å²) in [6.45, 7) is 3.44. The normalized spacial score (nSPS) is 24.5. The van der Waals surface area contributed by atoms with Gasteiger partial charge in [-0.2, -0.15) is 4.99 Å². The van der Waals surface area contributed by atoms with Crippen molar-refractivity contribution in [2.45, 2.75) is 51.5 Å². The molecule has 17 heavy (non-hydrogen) atoms. The number of amides is 2. The smallest absolute Gasteiger partial charge is 0.263 e. The van der Waals surface area contributed by atoms with Crippen molar-refractivity contribution in [3.8, 4) is 0 Å². The fourth-order valence-electron chi connectivity index (χ4n) is 2.46. The molecule has 0 radical (unpaired) electrons. The number of hydrogen-bond acceptors (Lipinski definition) is 3. The summed E-state index contributed by atoms with van der Waals surface area (Å²) in [6, 6.07) is 0. The molecular formula is C12H19N3O2. The van der Waals surface area contributed by atoms with Crippen LogP contribution in [0.2, 0.25) is 0 Å². The van der Waals surface area contributed by atoms with Crippen LogP contribution in [0, 0.1) is 5.41 Å². The van der Waals surface area contributed by atoms with Crippen LogP contribution in [0.4, 0.5) is 0 Å². The number of nitrogens with zero attached hydrogens (tertiary/aromatic N) is 1. The van der Waals surface area contributed by atoms with Gasteiger partial charge in [0.05, 0.1) is 5.54 Å². The first kappa shape index (κ1) is 12.2. The molecule has 0 bridgehead atoms. The van der Waals surface area contributed by atoms with Crippen LogP contribution in [-0.4, -0.2) is 23.2 Å². The molecule has 94 valence electrons. The van der Waals surface area contributed by atoms with Crippen molar-refractivity contribution in [3.63, 3.8) is 0 Å². The van der Waals surface area contributed by atoms with Crippen LogP contribution in [0.3, 0.4) is 0 Å². The summed E-state index contributed by atoms with van der Waals surface area (Å²) in [5, 5.41) is 2.71. The SMILES string of the molecule is CC(C)(N)C1=NC(=O)C2(CCCCC2)C(=O)N1. The highest BCUT2D eigenvalue weighted by Crippen LogP contribution is 2.39. The third kappa shape index (κ3) is 1.99. The number of carbonyl (C=O) groups excluding carboxylic acids is 2. The maximum Gasteiger partial charge on any atom is 0.263 e. The lowest BCUT2D eigenvalue weighted by molar-refractivity contribution is -0.144. The molecule has 0 atom stereocenters. The number of aliphatic imine (C=N–C) groups is 1. The number of rotatable bonds is 1. The maximum absolute atomic E-state index is 12.2. The van der Waals surface area contributed by atoms with E-state index in [9.17, 15) is 9.59 Å². The molecule has 0 aromatic heterocycles. The first-order valence-corrected chi connectivity index (χ1v) is 6.10. The van der Waals surface area contributed by atoms with Gasteiger partial charge in [0.1, 0.15) is 11.3 Å². The molecule has 1 heterocycles. The molecule has 1 aliphatic heterocycles. The molecule has 1 fully saturated rings. The average Bonchev–Trinajstić information content (AvgIpc) is 2.26. The minimum Gasteiger partial charge on any atom is -0.319 e. The van der Waals surface area contributed by atoms with Crippen LogP contribution in [0.15, 0.2) is 4.99 Å². The molecule has 0 unspecified atom stereocenters. The van der Waals surface area contributed by atoms with E-state index in [1.54, 1.807) is 13.8 Å². The van der Waals surface area contributed by atoms with Crippen molar-refractivity contribution in [2.24, 2.45) is 16.1 Å². The largest absolute Gasteiger partial charge is 0.319 e. The van der Waals surface area contributed by atoms with Crippen LogP contribution in [0.5, 0.6) is 0 Å². The Bertz CT molecular complexity index is 387. The molecule has 1 aliphatic carbocycles. The third-order valence-corrected chi connectivity index (χ3v) is 3.61. The lowest BCUT2D eigenvalue weighted by atomic mass is 9.71. The maximum atomic E-state index is 12.2. The van der Waals surface area contributed by atoms with Gasteiger partial charge in [0.25, 0.3) is 5.91 Å². The molecule has 1 saturated carbocycles. The number of nitrogens with one attached hydrogen (secondary N) is 1. The summed E-state index contributed by atoms with van der Waals surface area (Å²) in [5.41, 5.74) is 4.16. The molecule has 3 N–H and O–H groups in total. The zero-order valence-electron chi connectivity index (χ0n) is 10.4. The summed E-state index contributed by atoms with van der Waals surface area (Å²) in [7, 11) is 0. The van der Waals surface area contributed by atoms with Crippen LogP contribution in [0.25, 0.3) is 0 Å². The van der Waals surface area contributed by atoms with Gasteiger partial charge in [0.2, 0.25) is 5.91 Å². The monoisotopic (exact) mass is 237 g/mol. The highest BCUT2D eigenvalue weighted by molar-refractivity contribution is 6.20. The van der Waals surface area contributed by atoms with E-state index in [1.807, 2.05) is 0 Å². The molecule has 2 rings (SSSR count). The Labute approximate surface area is 101 Å². The molecule has 5 nitrogen and oxygen atoms in total. The topological polar surface area (TPSA) is 84.5 Å². The third-order valence-electron chi connectivity index (χ3n) is 3.61. The van der Waals surface area contributed by atoms with Crippen molar-refractivity contribution in [2.75, 3.05) is 0 Å². The second-order valence-electron chi connectivity index (χ2n) is 5.58. The van der Waals surface area contributed by atoms with E-state index in [-0.39, 0.29) is 17.6 Å². The van der Waals surface area contributed by atoms with Crippen LogP contribution < -0.4 is 11.1 Å². The van der Waals surface area contributed by atoms with E-state index in [2.05, 4.69) is 10.3 Å². The second kappa shape index (κ2) is 3.91. The number of nitrogens with two attached hydrogens (primary N) is 1. The Balaban J connectivity index is 2.33. The van der Waals surface area contributed by atoms with Gasteiger partial charge >= 0.3 is 0 Å². The Morgan fingerprint density at radius 3 is 2.29 bits per heavy atom. The molecule has 0 aromatic rings. The fraction of sp³-hybridized carbons (Fsp3) is 0.750. The van der Waals surface area contributed by atoms with E-state index in [1.165, 1.54) is 0 Å². The van der Waals surface area contributed by atoms with Gasteiger partial charge in [0.15, 0.2) is 0 Å². The van der Waals surface area contributed by atoms with Crippen LogP contribution in [0.1, 0.15) is 46.0 Å². The van der Waals surface area contributed by atoms with Crippen LogP contribution >= 0.6 is 0 Å². The predicted molar refractivity (Wildman–Crippen MR) is 64.4 cm³/mol. The van der Waals surface area contributed by atoms with Crippen molar-refractivity contribution < 1.29 is 9.59 Å². The van der Waals surface area contributed by atoms with Crippen molar-refractivity contribution in [3.05, 3.63) is 0 Å². The fourth-order valence-corrected chi connectivity index (χ4v) is 2.46. The van der Waals surface area contributed by atoms with E-state index < -0.39 is 11.0 Å². The molecular weight excluding hydrogens is 218 g/mol. The summed E-state index contributed by atoms with van der Waals surface area (Å²) < 4.78 is 0. The van der Waals surface area contributed by atoms with Gasteiger partial charge in [-0.25, -0.2) is 0 Å². The van der Waals surface area contributed by atoms with E-state index in [4.69, 9.17) is 5.73 Å². The summed E-state index contributed by atoms with van der Waals surface area (Å²) >= 11 is 0. The highest BCUT2D eigenvalue weighted by atomic mass is 16.2. The predicted octanol–water partition coefficient (Wildman–Crippen LogP) is 0.729. The first-order valence-electron chi connectivity index (χ1n) is 6.10. The lowest BCUT2D eigenvalue weighted by Gasteiger charge is -2.37. The van der Waals surface area contributed by atoms with Gasteiger partial charge in [-0.15, -0.1) is 0 Å². The number of carbonyl (C=O) groups is 2. The van der Waals surface area contributed by atoms with Crippen molar-refractivity contribution in [1.82, 2.24) is 5.32 Å². The van der Waals surface area contributed by atoms with Gasteiger partial charge in [0, 0.05) is 0 Å². The standard InChI is InChI=1S/C12H19N3O2/c1-11(2,13)8-14-9(16)12(10(17)15-8)6-4-3-5-7-12/h3-7,13H2,1-2H3,(H,14,15,16,17). The second-order valence-corrected chi connectivity index (χ2v) is 5.58. The molecule has 0 saturated heterocycles. The molecule has 5 heteroatoms. The molecule has 2 aliphatic rings. The first-order chi connectivity index (χ1) is 7.86. The molecule has 2 amide bonds. The minimum atomic E-state index is -0.910. The summed E-state index contributed by atoms with van der Waals surface area (Å²) in [5.74, 6) is -0.246. The summed E-state index contributed by atoms with van der Waals surface area (Å²) in [6.07, 6.45) is 4.13. The number of amidine groups is 1. The van der Waals surface area contributed by atoms with E-state index in [0.717, 1.165) is 19.3 Å². The van der Waals surface area contributed by atoms with E-state index in [0.29, 0.717) is 12.8 Å². The van der Waals surface area contributed by atoms with Crippen LogP contribution in [-0.2, 0) is 9.59 Å². The Kier molecular flexibility index (Phi) is 2.81. The quantitative estimate of drug-likeness (QED) is 0.659. The van der Waals surface area contributed by atoms with Crippen molar-refractivity contribution in [1.29, 1.82) is 0 Å². The summed E-state index contributed by atoms with van der Waals surface area (Å²) in [4.78, 5) is 28.3. The number of hydrogen-bond donors (Lipinski definition) is 2. The van der Waals surface area contributed by atoms with Gasteiger partial charge < -0.3 is 11.1 Å².